The van der Waals surface area contributed by atoms with Crippen LogP contribution in [0.1, 0.15) is 23.6 Å². The van der Waals surface area contributed by atoms with Crippen molar-refractivity contribution in [3.63, 3.8) is 0 Å². The van der Waals surface area contributed by atoms with Gasteiger partial charge in [-0.15, -0.1) is 0 Å². The van der Waals surface area contributed by atoms with E-state index < -0.39 is 28.5 Å². The summed E-state index contributed by atoms with van der Waals surface area (Å²) in [7, 11) is -2.43. The second-order valence-corrected chi connectivity index (χ2v) is 11.0. The number of para-hydroxylation sites is 2. The lowest BCUT2D eigenvalue weighted by molar-refractivity contribution is -0.140. The molecule has 1 N–H and O–H groups in total. The Hall–Kier alpha value is -3.85. The fourth-order valence-corrected chi connectivity index (χ4v) is 5.02. The van der Waals surface area contributed by atoms with Gasteiger partial charge in [0, 0.05) is 19.5 Å². The number of benzene rings is 3. The van der Waals surface area contributed by atoms with Crippen LogP contribution in [0.5, 0.6) is 5.75 Å². The smallest absolute Gasteiger partial charge is 0.244 e. The molecule has 0 aliphatic carbocycles. The third-order valence-corrected chi connectivity index (χ3v) is 7.26. The van der Waals surface area contributed by atoms with Gasteiger partial charge >= 0.3 is 0 Å². The van der Waals surface area contributed by atoms with Gasteiger partial charge in [-0.25, -0.2) is 8.42 Å². The quantitative estimate of drug-likeness (QED) is 0.381. The van der Waals surface area contributed by atoms with E-state index in [9.17, 15) is 18.0 Å². The minimum Gasteiger partial charge on any atom is -0.495 e. The first-order valence-electron chi connectivity index (χ1n) is 12.4. The number of nitrogens with one attached hydrogen (secondary N) is 1. The fraction of sp³-hybridized carbons (Fsp3) is 0.310. The molecule has 0 spiro atoms. The number of methoxy groups -OCH3 is 1. The van der Waals surface area contributed by atoms with Gasteiger partial charge in [-0.1, -0.05) is 72.3 Å². The van der Waals surface area contributed by atoms with Crippen LogP contribution in [0.25, 0.3) is 0 Å². The number of hydrogen-bond donors (Lipinski definition) is 1. The maximum atomic E-state index is 14.0. The Bertz CT molecular complexity index is 1330. The number of carbonyl (C=O) groups excluding carboxylic acids is 2. The summed E-state index contributed by atoms with van der Waals surface area (Å²) >= 11 is 0. The zero-order chi connectivity index (χ0) is 27.7. The highest BCUT2D eigenvalue weighted by Crippen LogP contribution is 2.30. The van der Waals surface area contributed by atoms with Crippen LogP contribution < -0.4 is 14.4 Å². The van der Waals surface area contributed by atoms with Crippen molar-refractivity contribution < 1.29 is 22.7 Å². The maximum absolute atomic E-state index is 14.0. The van der Waals surface area contributed by atoms with E-state index in [1.807, 2.05) is 68.4 Å². The molecule has 202 valence electrons. The average molecular weight is 538 g/mol. The van der Waals surface area contributed by atoms with Gasteiger partial charge in [-0.3, -0.25) is 13.9 Å². The Morgan fingerprint density at radius 1 is 0.921 bits per heavy atom. The van der Waals surface area contributed by atoms with Crippen LogP contribution in [0.3, 0.4) is 0 Å². The molecule has 0 fully saturated rings. The molecule has 0 radical (unpaired) electrons. The van der Waals surface area contributed by atoms with Gasteiger partial charge in [-0.2, -0.15) is 0 Å². The lowest BCUT2D eigenvalue weighted by atomic mass is 10.0. The average Bonchev–Trinajstić information content (AvgIpc) is 2.90. The fourth-order valence-electron chi connectivity index (χ4n) is 4.17. The van der Waals surface area contributed by atoms with Crippen LogP contribution in [0.2, 0.25) is 0 Å². The second-order valence-electron chi connectivity index (χ2n) is 9.05. The van der Waals surface area contributed by atoms with Crippen molar-refractivity contribution in [1.29, 1.82) is 0 Å². The lowest BCUT2D eigenvalue weighted by Gasteiger charge is -2.33. The van der Waals surface area contributed by atoms with E-state index in [-0.39, 0.29) is 24.6 Å². The standard InChI is InChI=1S/C29H35N3O5S/c1-5-30-29(34)26(19-23-11-7-6-8-12-23)31(20-24-17-15-22(2)16-18-24)28(33)21-32(38(4,35)36)25-13-9-10-14-27(25)37-3/h6-18,26H,5,19-21H2,1-4H3,(H,30,34)/t26-/m1/s1. The van der Waals surface area contributed by atoms with E-state index in [0.717, 1.165) is 27.3 Å². The number of aryl methyl sites for hydroxylation is 1. The summed E-state index contributed by atoms with van der Waals surface area (Å²) in [5.74, 6) is -0.491. The molecule has 1 atom stereocenters. The monoisotopic (exact) mass is 537 g/mol. The summed E-state index contributed by atoms with van der Waals surface area (Å²) in [4.78, 5) is 28.8. The predicted octanol–water partition coefficient (Wildman–Crippen LogP) is 3.55. The molecule has 0 aromatic heterocycles. The molecule has 9 heteroatoms. The van der Waals surface area contributed by atoms with Crippen LogP contribution in [0, 0.1) is 6.92 Å². The van der Waals surface area contributed by atoms with Crippen LogP contribution >= 0.6 is 0 Å². The highest BCUT2D eigenvalue weighted by molar-refractivity contribution is 7.92. The maximum Gasteiger partial charge on any atom is 0.244 e. The molecule has 2 amide bonds. The lowest BCUT2D eigenvalue weighted by Crippen LogP contribution is -2.53. The Morgan fingerprint density at radius 2 is 1.55 bits per heavy atom. The highest BCUT2D eigenvalue weighted by atomic mass is 32.2. The van der Waals surface area contributed by atoms with Crippen LogP contribution in [-0.2, 0) is 32.6 Å². The SMILES string of the molecule is CCNC(=O)[C@@H](Cc1ccccc1)N(Cc1ccc(C)cc1)C(=O)CN(c1ccccc1OC)S(C)(=O)=O. The summed E-state index contributed by atoms with van der Waals surface area (Å²) in [6, 6.07) is 22.9. The number of amides is 2. The van der Waals surface area contributed by atoms with E-state index in [1.165, 1.54) is 12.0 Å². The van der Waals surface area contributed by atoms with E-state index in [4.69, 9.17) is 4.74 Å². The number of ether oxygens (including phenoxy) is 1. The normalized spacial score (nSPS) is 11.9. The van der Waals surface area contributed by atoms with Gasteiger partial charge in [-0.05, 0) is 37.1 Å². The largest absolute Gasteiger partial charge is 0.495 e. The number of sulfonamides is 1. The summed E-state index contributed by atoms with van der Waals surface area (Å²) < 4.78 is 32.1. The number of carbonyl (C=O) groups is 2. The van der Waals surface area contributed by atoms with E-state index in [2.05, 4.69) is 5.32 Å². The number of rotatable bonds is 12. The molecule has 0 saturated heterocycles. The molecular formula is C29H35N3O5S. The molecule has 0 aliphatic rings. The number of anilines is 1. The van der Waals surface area contributed by atoms with Gasteiger partial charge in [0.05, 0.1) is 19.1 Å². The number of hydrogen-bond acceptors (Lipinski definition) is 5. The first kappa shape index (κ1) is 28.7. The van der Waals surface area contributed by atoms with Crippen LogP contribution in [0.4, 0.5) is 5.69 Å². The molecule has 0 heterocycles. The molecule has 0 bridgehead atoms. The van der Waals surface area contributed by atoms with E-state index in [1.54, 1.807) is 24.3 Å². The van der Waals surface area contributed by atoms with Gasteiger partial charge in [0.15, 0.2) is 0 Å². The molecule has 0 unspecified atom stereocenters. The molecule has 0 aliphatic heterocycles. The van der Waals surface area contributed by atoms with Gasteiger partial charge in [0.1, 0.15) is 18.3 Å². The topological polar surface area (TPSA) is 96.0 Å². The number of likely N-dealkylation sites (N-methyl/N-ethyl adjacent to an activating group) is 1. The third-order valence-electron chi connectivity index (χ3n) is 6.13. The van der Waals surface area contributed by atoms with E-state index >= 15 is 0 Å². The molecule has 8 nitrogen and oxygen atoms in total. The molecule has 38 heavy (non-hydrogen) atoms. The van der Waals surface area contributed by atoms with Crippen molar-refractivity contribution in [3.8, 4) is 5.75 Å². The van der Waals surface area contributed by atoms with Gasteiger partial charge in [0.2, 0.25) is 21.8 Å². The molecule has 3 aromatic rings. The third kappa shape index (κ3) is 7.58. The van der Waals surface area contributed by atoms with Crippen molar-refractivity contribution in [2.24, 2.45) is 0 Å². The first-order valence-corrected chi connectivity index (χ1v) is 14.3. The second kappa shape index (κ2) is 13.1. The first-order chi connectivity index (χ1) is 18.1. The summed E-state index contributed by atoms with van der Waals surface area (Å²) in [5.41, 5.74) is 3.03. The van der Waals surface area contributed by atoms with Crippen molar-refractivity contribution in [2.45, 2.75) is 32.9 Å². The van der Waals surface area contributed by atoms with Gasteiger partial charge < -0.3 is 15.0 Å². The summed E-state index contributed by atoms with van der Waals surface area (Å²) in [6.07, 6.45) is 1.32. The van der Waals surface area contributed by atoms with Crippen LogP contribution in [-0.4, -0.2) is 57.6 Å². The minimum atomic E-state index is -3.87. The number of nitrogens with zero attached hydrogens (tertiary/aromatic N) is 2. The highest BCUT2D eigenvalue weighted by Gasteiger charge is 2.33. The predicted molar refractivity (Wildman–Crippen MR) is 150 cm³/mol. The van der Waals surface area contributed by atoms with Crippen molar-refractivity contribution in [1.82, 2.24) is 10.2 Å². The van der Waals surface area contributed by atoms with Crippen LogP contribution in [0.15, 0.2) is 78.9 Å². The zero-order valence-corrected chi connectivity index (χ0v) is 23.1. The summed E-state index contributed by atoms with van der Waals surface area (Å²) in [6.45, 7) is 3.83. The van der Waals surface area contributed by atoms with Crippen molar-refractivity contribution >= 4 is 27.5 Å². The molecule has 3 aromatic carbocycles. The molecule has 0 saturated carbocycles. The Kier molecular flexibility index (Phi) is 9.90. The Morgan fingerprint density at radius 3 is 2.16 bits per heavy atom. The molecular weight excluding hydrogens is 502 g/mol. The van der Waals surface area contributed by atoms with Gasteiger partial charge in [0.25, 0.3) is 0 Å². The van der Waals surface area contributed by atoms with E-state index in [0.29, 0.717) is 12.3 Å². The Balaban J connectivity index is 2.05. The molecule has 3 rings (SSSR count). The Labute approximate surface area is 225 Å². The van der Waals surface area contributed by atoms with Crippen molar-refractivity contribution in [3.05, 3.63) is 95.6 Å². The summed E-state index contributed by atoms with van der Waals surface area (Å²) in [5, 5.41) is 2.84. The van der Waals surface area contributed by atoms with Crippen molar-refractivity contribution in [2.75, 3.05) is 30.8 Å². The zero-order valence-electron chi connectivity index (χ0n) is 22.3. The minimum absolute atomic E-state index is 0.136.